The number of aliphatic hydroxyl groups excluding tert-OH is 1. The number of carbonyl (C=O) groups excluding carboxylic acids is 1. The first-order valence-corrected chi connectivity index (χ1v) is 9.68. The lowest BCUT2D eigenvalue weighted by Crippen LogP contribution is -2.32. The fourth-order valence-corrected chi connectivity index (χ4v) is 3.82. The van der Waals surface area contributed by atoms with Gasteiger partial charge in [-0.25, -0.2) is 13.1 Å². The molecule has 2 N–H and O–H groups in total. The number of benzene rings is 2. The maximum Gasteiger partial charge on any atom is 0.264 e. The van der Waals surface area contributed by atoms with Crippen molar-refractivity contribution < 1.29 is 32.5 Å². The highest BCUT2D eigenvalue weighted by Crippen LogP contribution is 2.40. The Morgan fingerprint density at radius 1 is 1.04 bits per heavy atom. The van der Waals surface area contributed by atoms with Gasteiger partial charge < -0.3 is 19.3 Å². The molecule has 0 radical (unpaired) electrons. The van der Waals surface area contributed by atoms with Gasteiger partial charge in [0.05, 0.1) is 19.1 Å². The lowest BCUT2D eigenvalue weighted by molar-refractivity contribution is -0.131. The highest BCUT2D eigenvalue weighted by atomic mass is 32.2. The molecule has 1 atom stereocenters. The fourth-order valence-electron chi connectivity index (χ4n) is 2.80. The number of rotatable bonds is 6. The molecule has 2 aromatic carbocycles. The van der Waals surface area contributed by atoms with Crippen LogP contribution in [0.1, 0.15) is 12.5 Å². The van der Waals surface area contributed by atoms with Crippen LogP contribution in [0, 0.1) is 0 Å². The normalized spacial score (nSPS) is 19.3. The Morgan fingerprint density at radius 2 is 1.68 bits per heavy atom. The van der Waals surface area contributed by atoms with Gasteiger partial charge in [0.1, 0.15) is 0 Å². The molecular formula is C19H19NO7S. The van der Waals surface area contributed by atoms with E-state index < -0.39 is 33.0 Å². The third kappa shape index (κ3) is 3.24. The van der Waals surface area contributed by atoms with E-state index in [4.69, 9.17) is 14.2 Å². The molecule has 1 aliphatic rings. The van der Waals surface area contributed by atoms with Gasteiger partial charge in [-0.3, -0.25) is 4.79 Å². The molecule has 1 heterocycles. The summed E-state index contributed by atoms with van der Waals surface area (Å²) in [5.41, 5.74) is -1.28. The minimum Gasteiger partial charge on any atom is -0.501 e. The molecule has 2 aromatic rings. The highest BCUT2D eigenvalue weighted by molar-refractivity contribution is 7.89. The number of sulfonamides is 1. The Bertz CT molecular complexity index is 1050. The Hall–Kier alpha value is -3.20. The summed E-state index contributed by atoms with van der Waals surface area (Å²) in [6, 6.07) is 12.2. The van der Waals surface area contributed by atoms with Crippen LogP contribution in [0.15, 0.2) is 65.1 Å². The van der Waals surface area contributed by atoms with Crippen LogP contribution in [0.3, 0.4) is 0 Å². The summed E-state index contributed by atoms with van der Waals surface area (Å²) in [4.78, 5) is 12.6. The van der Waals surface area contributed by atoms with E-state index in [-0.39, 0.29) is 4.90 Å². The molecule has 0 fully saturated rings. The van der Waals surface area contributed by atoms with Gasteiger partial charge in [0.2, 0.25) is 11.6 Å². The molecule has 1 aliphatic heterocycles. The Kier molecular flexibility index (Phi) is 4.95. The van der Waals surface area contributed by atoms with Crippen molar-refractivity contribution in [3.05, 3.63) is 65.7 Å². The predicted molar refractivity (Wildman–Crippen MR) is 99.4 cm³/mol. The first-order valence-electron chi connectivity index (χ1n) is 8.20. The molecular weight excluding hydrogens is 386 g/mol. The van der Waals surface area contributed by atoms with Crippen LogP contribution in [-0.4, -0.2) is 33.5 Å². The Balaban J connectivity index is 1.94. The summed E-state index contributed by atoms with van der Waals surface area (Å²) < 4.78 is 43.1. The number of carbonyl (C=O) groups is 1. The molecule has 0 spiro atoms. The molecule has 148 valence electrons. The van der Waals surface area contributed by atoms with Gasteiger partial charge in [0, 0.05) is 5.56 Å². The van der Waals surface area contributed by atoms with Crippen LogP contribution < -0.4 is 14.2 Å². The predicted octanol–water partition coefficient (Wildman–Crippen LogP) is 2.22. The fraction of sp³-hybridized carbons (Fsp3) is 0.211. The molecule has 28 heavy (non-hydrogen) atoms. The van der Waals surface area contributed by atoms with Crippen molar-refractivity contribution >= 4 is 15.8 Å². The standard InChI is InChI=1S/C19H19NO7S/c1-19(12-9-10-14(25-2)15(11-12)26-3)17(22)16(21)18(27-19)20-28(23,24)13-7-5-4-6-8-13/h4-11,20-21H,1-3H3. The van der Waals surface area contributed by atoms with Crippen molar-refractivity contribution in [2.24, 2.45) is 0 Å². The topological polar surface area (TPSA) is 111 Å². The van der Waals surface area contributed by atoms with Gasteiger partial charge >= 0.3 is 0 Å². The van der Waals surface area contributed by atoms with E-state index in [0.29, 0.717) is 17.1 Å². The minimum absolute atomic E-state index is 0.0360. The largest absolute Gasteiger partial charge is 0.501 e. The Morgan fingerprint density at radius 3 is 2.29 bits per heavy atom. The molecule has 3 rings (SSSR count). The number of ketones is 1. The lowest BCUT2D eigenvalue weighted by atomic mass is 9.91. The smallest absolute Gasteiger partial charge is 0.264 e. The molecule has 1 unspecified atom stereocenters. The molecule has 9 heteroatoms. The van der Waals surface area contributed by atoms with Gasteiger partial charge in [-0.05, 0) is 31.2 Å². The van der Waals surface area contributed by atoms with Crippen LogP contribution in [-0.2, 0) is 25.2 Å². The lowest BCUT2D eigenvalue weighted by Gasteiger charge is -2.24. The second-order valence-electron chi connectivity index (χ2n) is 6.13. The van der Waals surface area contributed by atoms with Crippen LogP contribution in [0.2, 0.25) is 0 Å². The van der Waals surface area contributed by atoms with E-state index in [9.17, 15) is 18.3 Å². The van der Waals surface area contributed by atoms with Gasteiger partial charge in [0.25, 0.3) is 15.8 Å². The summed E-state index contributed by atoms with van der Waals surface area (Å²) in [5, 5.41) is 10.2. The van der Waals surface area contributed by atoms with Crippen molar-refractivity contribution in [1.29, 1.82) is 0 Å². The molecule has 0 bridgehead atoms. The van der Waals surface area contributed by atoms with E-state index in [1.54, 1.807) is 30.3 Å². The number of aliphatic hydroxyl groups is 1. The molecule has 0 saturated carbocycles. The quantitative estimate of drug-likeness (QED) is 0.758. The van der Waals surface area contributed by atoms with Crippen LogP contribution in [0.4, 0.5) is 0 Å². The van der Waals surface area contributed by atoms with E-state index >= 15 is 0 Å². The van der Waals surface area contributed by atoms with Crippen LogP contribution >= 0.6 is 0 Å². The van der Waals surface area contributed by atoms with E-state index in [1.165, 1.54) is 39.3 Å². The molecule has 0 aromatic heterocycles. The van der Waals surface area contributed by atoms with Crippen LogP contribution in [0.25, 0.3) is 0 Å². The van der Waals surface area contributed by atoms with E-state index in [0.717, 1.165) is 0 Å². The highest BCUT2D eigenvalue weighted by Gasteiger charge is 2.49. The monoisotopic (exact) mass is 405 g/mol. The number of hydrogen-bond acceptors (Lipinski definition) is 7. The average molecular weight is 405 g/mol. The first kappa shape index (κ1) is 19.6. The van der Waals surface area contributed by atoms with Gasteiger partial charge in [-0.1, -0.05) is 24.3 Å². The second kappa shape index (κ2) is 7.08. The van der Waals surface area contributed by atoms with Crippen molar-refractivity contribution in [1.82, 2.24) is 4.72 Å². The van der Waals surface area contributed by atoms with Gasteiger partial charge in [-0.15, -0.1) is 0 Å². The minimum atomic E-state index is -4.05. The van der Waals surface area contributed by atoms with Crippen LogP contribution in [0.5, 0.6) is 11.5 Å². The average Bonchev–Trinajstić information content (AvgIpc) is 2.92. The summed E-state index contributed by atoms with van der Waals surface area (Å²) >= 11 is 0. The molecule has 0 amide bonds. The zero-order valence-electron chi connectivity index (χ0n) is 15.4. The summed E-state index contributed by atoms with van der Waals surface area (Å²) in [7, 11) is -1.13. The van der Waals surface area contributed by atoms with Crippen molar-refractivity contribution in [2.75, 3.05) is 14.2 Å². The molecule has 0 aliphatic carbocycles. The zero-order chi connectivity index (χ0) is 20.5. The number of hydrogen-bond donors (Lipinski definition) is 2. The van der Waals surface area contributed by atoms with E-state index in [1.807, 2.05) is 0 Å². The Labute approximate surface area is 162 Å². The first-order chi connectivity index (χ1) is 13.2. The maximum absolute atomic E-state index is 12.7. The zero-order valence-corrected chi connectivity index (χ0v) is 16.2. The number of methoxy groups -OCH3 is 2. The van der Waals surface area contributed by atoms with Gasteiger partial charge in [0.15, 0.2) is 17.1 Å². The number of nitrogens with one attached hydrogen (secondary N) is 1. The molecule has 8 nitrogen and oxygen atoms in total. The maximum atomic E-state index is 12.7. The van der Waals surface area contributed by atoms with Gasteiger partial charge in [-0.2, -0.15) is 0 Å². The number of Topliss-reactive ketones (excluding diaryl/α,β-unsaturated/α-hetero) is 1. The third-order valence-corrected chi connectivity index (χ3v) is 5.73. The van der Waals surface area contributed by atoms with E-state index in [2.05, 4.69) is 4.72 Å². The summed E-state index contributed by atoms with van der Waals surface area (Å²) in [6.07, 6.45) is 0. The molecule has 0 saturated heterocycles. The number of ether oxygens (including phenoxy) is 3. The summed E-state index contributed by atoms with van der Waals surface area (Å²) in [6.45, 7) is 1.43. The van der Waals surface area contributed by atoms with Crippen molar-refractivity contribution in [2.45, 2.75) is 17.4 Å². The SMILES string of the molecule is COc1ccc(C2(C)OC(NS(=O)(=O)c3ccccc3)=C(O)C2=O)cc1OC. The second-order valence-corrected chi connectivity index (χ2v) is 7.81. The summed E-state index contributed by atoms with van der Waals surface area (Å²) in [5.74, 6) is -1.33. The van der Waals surface area contributed by atoms with Crippen molar-refractivity contribution in [3.63, 3.8) is 0 Å². The van der Waals surface area contributed by atoms with Crippen molar-refractivity contribution in [3.8, 4) is 11.5 Å². The third-order valence-electron chi connectivity index (χ3n) is 4.38.